The zero-order valence-electron chi connectivity index (χ0n) is 11.1. The van der Waals surface area contributed by atoms with E-state index in [0.717, 1.165) is 21.6 Å². The number of non-ortho nitro benzene ring substituents is 1. The zero-order valence-corrected chi connectivity index (χ0v) is 11.9. The number of rotatable bonds is 3. The number of hydrogen-bond acceptors (Lipinski definition) is 4. The lowest BCUT2D eigenvalue weighted by Gasteiger charge is -2.09. The van der Waals surface area contributed by atoms with Crippen molar-refractivity contribution in [2.24, 2.45) is 0 Å². The van der Waals surface area contributed by atoms with Crippen LogP contribution in [0.2, 0.25) is 0 Å². The minimum absolute atomic E-state index is 0.0733. The van der Waals surface area contributed by atoms with Gasteiger partial charge < -0.3 is 0 Å². The van der Waals surface area contributed by atoms with Crippen molar-refractivity contribution in [3.05, 3.63) is 57.6 Å². The van der Waals surface area contributed by atoms with Gasteiger partial charge in [0, 0.05) is 17.0 Å². The minimum Gasteiger partial charge on any atom is -0.258 e. The quantitative estimate of drug-likeness (QED) is 0.482. The van der Waals surface area contributed by atoms with Crippen LogP contribution in [0, 0.1) is 28.4 Å². The summed E-state index contributed by atoms with van der Waals surface area (Å²) < 4.78 is 0. The first-order valence-electron chi connectivity index (χ1n) is 5.90. The average molecular weight is 284 g/mol. The predicted molar refractivity (Wildman–Crippen MR) is 79.8 cm³/mol. The summed E-state index contributed by atoms with van der Waals surface area (Å²) in [5, 5.41) is 19.8. The standard InChI is InChI=1S/C15H12N2O2S/c1-10-7-12(8-15(20-2)14(10)9-16)11-3-5-13(6-4-11)17(18)19/h3-8H,1-2H3. The van der Waals surface area contributed by atoms with Gasteiger partial charge >= 0.3 is 0 Å². The summed E-state index contributed by atoms with van der Waals surface area (Å²) in [7, 11) is 0. The van der Waals surface area contributed by atoms with Crippen LogP contribution in [0.5, 0.6) is 0 Å². The highest BCUT2D eigenvalue weighted by Gasteiger charge is 2.10. The smallest absolute Gasteiger partial charge is 0.258 e. The molecule has 0 N–H and O–H groups in total. The van der Waals surface area contributed by atoms with E-state index >= 15 is 0 Å². The first-order chi connectivity index (χ1) is 9.56. The molecule has 0 unspecified atom stereocenters. The fourth-order valence-electron chi connectivity index (χ4n) is 2.00. The molecular formula is C15H12N2O2S. The van der Waals surface area contributed by atoms with Gasteiger partial charge in [0.15, 0.2) is 0 Å². The van der Waals surface area contributed by atoms with Gasteiger partial charge in [-0.05, 0) is 48.1 Å². The van der Waals surface area contributed by atoms with Crippen molar-refractivity contribution in [1.82, 2.24) is 0 Å². The monoisotopic (exact) mass is 284 g/mol. The van der Waals surface area contributed by atoms with Crippen molar-refractivity contribution >= 4 is 17.4 Å². The Balaban J connectivity index is 2.51. The number of nitro groups is 1. The Labute approximate surface area is 121 Å². The fraction of sp³-hybridized carbons (Fsp3) is 0.133. The van der Waals surface area contributed by atoms with E-state index in [1.807, 2.05) is 25.3 Å². The van der Waals surface area contributed by atoms with Gasteiger partial charge in [0.25, 0.3) is 5.69 Å². The molecule has 0 aliphatic heterocycles. The highest BCUT2D eigenvalue weighted by Crippen LogP contribution is 2.30. The molecule has 2 rings (SSSR count). The molecule has 0 saturated carbocycles. The van der Waals surface area contributed by atoms with Crippen molar-refractivity contribution in [3.63, 3.8) is 0 Å². The second kappa shape index (κ2) is 5.76. The van der Waals surface area contributed by atoms with Crippen LogP contribution in [0.25, 0.3) is 11.1 Å². The molecule has 2 aromatic carbocycles. The predicted octanol–water partition coefficient (Wildman–Crippen LogP) is 4.16. The average Bonchev–Trinajstić information content (AvgIpc) is 2.46. The number of hydrogen-bond donors (Lipinski definition) is 0. The largest absolute Gasteiger partial charge is 0.269 e. The third kappa shape index (κ3) is 2.65. The number of nitriles is 1. The molecule has 5 heteroatoms. The topological polar surface area (TPSA) is 66.9 Å². The molecule has 0 aromatic heterocycles. The summed E-state index contributed by atoms with van der Waals surface area (Å²) in [4.78, 5) is 11.2. The van der Waals surface area contributed by atoms with Crippen LogP contribution in [0.4, 0.5) is 5.69 Å². The summed E-state index contributed by atoms with van der Waals surface area (Å²) in [6.45, 7) is 1.90. The Hall–Kier alpha value is -2.32. The molecule has 0 heterocycles. The lowest BCUT2D eigenvalue weighted by molar-refractivity contribution is -0.384. The molecule has 0 atom stereocenters. The second-order valence-corrected chi connectivity index (χ2v) is 5.13. The van der Waals surface area contributed by atoms with Crippen LogP contribution < -0.4 is 0 Å². The van der Waals surface area contributed by atoms with Gasteiger partial charge in [-0.3, -0.25) is 10.1 Å². The molecule has 4 nitrogen and oxygen atoms in total. The lowest BCUT2D eigenvalue weighted by atomic mass is 10.00. The molecule has 0 amide bonds. The maximum atomic E-state index is 10.7. The van der Waals surface area contributed by atoms with E-state index < -0.39 is 4.92 Å². The Bertz CT molecular complexity index is 703. The highest BCUT2D eigenvalue weighted by atomic mass is 32.2. The van der Waals surface area contributed by atoms with Crippen LogP contribution >= 0.6 is 11.8 Å². The highest BCUT2D eigenvalue weighted by molar-refractivity contribution is 7.98. The van der Waals surface area contributed by atoms with Crippen LogP contribution in [-0.2, 0) is 0 Å². The first kappa shape index (κ1) is 14.1. The Kier molecular flexibility index (Phi) is 4.06. The van der Waals surface area contributed by atoms with Crippen molar-refractivity contribution in [1.29, 1.82) is 5.26 Å². The third-order valence-corrected chi connectivity index (χ3v) is 3.80. The van der Waals surface area contributed by atoms with Gasteiger partial charge in [-0.15, -0.1) is 11.8 Å². The van der Waals surface area contributed by atoms with Gasteiger partial charge in [-0.2, -0.15) is 5.26 Å². The Morgan fingerprint density at radius 3 is 2.35 bits per heavy atom. The van der Waals surface area contributed by atoms with Gasteiger partial charge in [0.1, 0.15) is 6.07 Å². The molecule has 0 radical (unpaired) electrons. The summed E-state index contributed by atoms with van der Waals surface area (Å²) in [5.74, 6) is 0. The van der Waals surface area contributed by atoms with Crippen LogP contribution in [-0.4, -0.2) is 11.2 Å². The number of nitrogens with zero attached hydrogens (tertiary/aromatic N) is 2. The van der Waals surface area contributed by atoms with Gasteiger partial charge in [-0.1, -0.05) is 6.07 Å². The summed E-state index contributed by atoms with van der Waals surface area (Å²) in [5.41, 5.74) is 3.53. The summed E-state index contributed by atoms with van der Waals surface area (Å²) >= 11 is 1.52. The molecule has 0 fully saturated rings. The number of aryl methyl sites for hydroxylation is 1. The normalized spacial score (nSPS) is 10.1. The van der Waals surface area contributed by atoms with Crippen LogP contribution in [0.15, 0.2) is 41.3 Å². The van der Waals surface area contributed by atoms with Crippen molar-refractivity contribution in [3.8, 4) is 17.2 Å². The first-order valence-corrected chi connectivity index (χ1v) is 7.13. The Morgan fingerprint density at radius 1 is 1.20 bits per heavy atom. The summed E-state index contributed by atoms with van der Waals surface area (Å²) in [6, 6.07) is 12.5. The zero-order chi connectivity index (χ0) is 14.7. The van der Waals surface area contributed by atoms with Crippen LogP contribution in [0.1, 0.15) is 11.1 Å². The maximum absolute atomic E-state index is 10.7. The van der Waals surface area contributed by atoms with E-state index in [-0.39, 0.29) is 5.69 Å². The molecule has 0 spiro atoms. The van der Waals surface area contributed by atoms with E-state index in [1.165, 1.54) is 23.9 Å². The Morgan fingerprint density at radius 2 is 1.85 bits per heavy atom. The molecule has 2 aromatic rings. The van der Waals surface area contributed by atoms with Crippen LogP contribution in [0.3, 0.4) is 0 Å². The van der Waals surface area contributed by atoms with Crippen molar-refractivity contribution in [2.45, 2.75) is 11.8 Å². The molecular weight excluding hydrogens is 272 g/mol. The number of thioether (sulfide) groups is 1. The number of benzene rings is 2. The molecule has 20 heavy (non-hydrogen) atoms. The fourth-order valence-corrected chi connectivity index (χ4v) is 2.66. The van der Waals surface area contributed by atoms with E-state index in [4.69, 9.17) is 5.26 Å². The van der Waals surface area contributed by atoms with E-state index in [1.54, 1.807) is 12.1 Å². The molecule has 0 aliphatic rings. The molecule has 0 aliphatic carbocycles. The van der Waals surface area contributed by atoms with Crippen molar-refractivity contribution in [2.75, 3.05) is 6.26 Å². The van der Waals surface area contributed by atoms with Gasteiger partial charge in [-0.25, -0.2) is 0 Å². The second-order valence-electron chi connectivity index (χ2n) is 4.29. The molecule has 0 saturated heterocycles. The third-order valence-electron chi connectivity index (χ3n) is 3.04. The van der Waals surface area contributed by atoms with Gasteiger partial charge in [0.05, 0.1) is 10.5 Å². The molecule has 100 valence electrons. The van der Waals surface area contributed by atoms with E-state index in [9.17, 15) is 10.1 Å². The lowest BCUT2D eigenvalue weighted by Crippen LogP contribution is -1.90. The summed E-state index contributed by atoms with van der Waals surface area (Å²) in [6.07, 6.45) is 1.93. The SMILES string of the molecule is CSc1cc(-c2ccc([N+](=O)[O-])cc2)cc(C)c1C#N. The van der Waals surface area contributed by atoms with E-state index in [0.29, 0.717) is 5.56 Å². The van der Waals surface area contributed by atoms with Gasteiger partial charge in [0.2, 0.25) is 0 Å². The minimum atomic E-state index is -0.416. The van der Waals surface area contributed by atoms with E-state index in [2.05, 4.69) is 6.07 Å². The molecule has 0 bridgehead atoms. The maximum Gasteiger partial charge on any atom is 0.269 e. The van der Waals surface area contributed by atoms with Crippen molar-refractivity contribution < 1.29 is 4.92 Å². The number of nitro benzene ring substituents is 1.